The molecule has 2 aromatic rings. The van der Waals surface area contributed by atoms with E-state index in [9.17, 15) is 4.79 Å². The summed E-state index contributed by atoms with van der Waals surface area (Å²) in [5.41, 5.74) is 6.73. The molecule has 1 amide bonds. The average Bonchev–Trinajstić information content (AvgIpc) is 3.01. The minimum atomic E-state index is -0.425. The molecule has 1 aromatic heterocycles. The van der Waals surface area contributed by atoms with Crippen LogP contribution in [0.15, 0.2) is 30.6 Å². The number of aromatic nitrogens is 4. The first-order valence-electron chi connectivity index (χ1n) is 6.82. The zero-order valence-corrected chi connectivity index (χ0v) is 13.7. The van der Waals surface area contributed by atoms with Crippen molar-refractivity contribution >= 4 is 18.3 Å². The van der Waals surface area contributed by atoms with Crippen LogP contribution in [-0.2, 0) is 0 Å². The van der Waals surface area contributed by atoms with E-state index in [2.05, 4.69) is 20.8 Å². The lowest BCUT2D eigenvalue weighted by molar-refractivity contribution is 0.0883. The van der Waals surface area contributed by atoms with Crippen LogP contribution in [0.2, 0.25) is 0 Å². The number of hydrogen-bond acceptors (Lipinski definition) is 5. The van der Waals surface area contributed by atoms with E-state index in [4.69, 9.17) is 5.73 Å². The number of nitrogens with one attached hydrogen (secondary N) is 1. The van der Waals surface area contributed by atoms with Crippen molar-refractivity contribution in [2.45, 2.75) is 26.3 Å². The maximum atomic E-state index is 12.3. The van der Waals surface area contributed by atoms with Crippen LogP contribution in [0.1, 0.15) is 31.1 Å². The van der Waals surface area contributed by atoms with Gasteiger partial charge in [-0.15, -0.1) is 17.5 Å². The molecule has 1 atom stereocenters. The minimum Gasteiger partial charge on any atom is -0.345 e. The Hall–Kier alpha value is -1.99. The van der Waals surface area contributed by atoms with Crippen LogP contribution in [0.3, 0.4) is 0 Å². The van der Waals surface area contributed by atoms with Crippen LogP contribution < -0.4 is 11.1 Å². The van der Waals surface area contributed by atoms with Crippen molar-refractivity contribution in [2.24, 2.45) is 11.7 Å². The number of rotatable bonds is 5. The van der Waals surface area contributed by atoms with Crippen molar-refractivity contribution in [3.05, 3.63) is 36.2 Å². The summed E-state index contributed by atoms with van der Waals surface area (Å²) in [5.74, 6) is 0.104. The summed E-state index contributed by atoms with van der Waals surface area (Å²) >= 11 is 0. The van der Waals surface area contributed by atoms with E-state index in [-0.39, 0.29) is 24.2 Å². The Balaban J connectivity index is 0.00000242. The number of carbonyl (C=O) groups excluding carboxylic acids is 1. The molecule has 0 saturated carbocycles. The zero-order chi connectivity index (χ0) is 15.5. The molecular weight excluding hydrogens is 304 g/mol. The van der Waals surface area contributed by atoms with Crippen molar-refractivity contribution < 1.29 is 4.79 Å². The predicted octanol–water partition coefficient (Wildman–Crippen LogP) is 1.19. The maximum Gasteiger partial charge on any atom is 0.251 e. The fourth-order valence-corrected chi connectivity index (χ4v) is 1.81. The summed E-state index contributed by atoms with van der Waals surface area (Å²) in [6.45, 7) is 6.41. The summed E-state index contributed by atoms with van der Waals surface area (Å²) in [6.07, 6.45) is 1.50. The number of nitrogens with two attached hydrogens (primary N) is 1. The molecule has 7 nitrogen and oxygen atoms in total. The van der Waals surface area contributed by atoms with Gasteiger partial charge >= 0.3 is 0 Å². The lowest BCUT2D eigenvalue weighted by atomic mass is 9.88. The van der Waals surface area contributed by atoms with Crippen molar-refractivity contribution in [3.8, 4) is 5.69 Å². The quantitative estimate of drug-likeness (QED) is 0.860. The second-order valence-corrected chi connectivity index (χ2v) is 5.53. The van der Waals surface area contributed by atoms with Gasteiger partial charge < -0.3 is 11.1 Å². The van der Waals surface area contributed by atoms with Crippen LogP contribution in [0.4, 0.5) is 0 Å². The molecule has 120 valence electrons. The Morgan fingerprint density at radius 3 is 2.45 bits per heavy atom. The third kappa shape index (κ3) is 3.80. The van der Waals surface area contributed by atoms with E-state index in [1.54, 1.807) is 24.3 Å². The van der Waals surface area contributed by atoms with Gasteiger partial charge in [0.15, 0.2) is 0 Å². The molecule has 22 heavy (non-hydrogen) atoms. The molecule has 0 bridgehead atoms. The first kappa shape index (κ1) is 18.1. The first-order valence-corrected chi connectivity index (χ1v) is 6.82. The number of benzene rings is 1. The first-order chi connectivity index (χ1) is 9.96. The van der Waals surface area contributed by atoms with Gasteiger partial charge in [0.1, 0.15) is 6.33 Å². The minimum absolute atomic E-state index is 0. The highest BCUT2D eigenvalue weighted by molar-refractivity contribution is 5.94. The lowest BCUT2D eigenvalue weighted by Crippen LogP contribution is -2.55. The summed E-state index contributed by atoms with van der Waals surface area (Å²) in [6, 6.07) is 7.06. The van der Waals surface area contributed by atoms with Crippen LogP contribution in [0.5, 0.6) is 0 Å². The Morgan fingerprint density at radius 2 is 2.00 bits per heavy atom. The molecule has 0 aliphatic rings. The monoisotopic (exact) mass is 324 g/mol. The van der Waals surface area contributed by atoms with Gasteiger partial charge in [0.25, 0.3) is 5.91 Å². The molecule has 0 aliphatic carbocycles. The normalized spacial score (nSPS) is 13.3. The Labute approximate surface area is 135 Å². The van der Waals surface area contributed by atoms with E-state index in [1.807, 2.05) is 20.8 Å². The second kappa shape index (κ2) is 7.33. The average molecular weight is 325 g/mol. The van der Waals surface area contributed by atoms with Crippen molar-refractivity contribution in [3.63, 3.8) is 0 Å². The Kier molecular flexibility index (Phi) is 6.01. The van der Waals surface area contributed by atoms with E-state index < -0.39 is 5.54 Å². The van der Waals surface area contributed by atoms with Crippen molar-refractivity contribution in [1.82, 2.24) is 25.5 Å². The van der Waals surface area contributed by atoms with E-state index in [1.165, 1.54) is 11.0 Å². The SMILES string of the molecule is CC(C)C(C)(CN)NC(=O)c1ccc(-n2cnnn2)cc1.Cl. The standard InChI is InChI=1S/C14H20N6O.ClH/c1-10(2)14(3,8-15)17-13(21)11-4-6-12(7-5-11)20-9-16-18-19-20;/h4-7,9-10H,8,15H2,1-3H3,(H,17,21);1H. The highest BCUT2D eigenvalue weighted by Gasteiger charge is 2.28. The van der Waals surface area contributed by atoms with Crippen LogP contribution in [0.25, 0.3) is 5.69 Å². The number of hydrogen-bond donors (Lipinski definition) is 2. The van der Waals surface area contributed by atoms with Gasteiger partial charge in [-0.1, -0.05) is 13.8 Å². The molecule has 1 heterocycles. The molecule has 1 unspecified atom stereocenters. The van der Waals surface area contributed by atoms with Gasteiger partial charge in [-0.2, -0.15) is 0 Å². The van der Waals surface area contributed by atoms with E-state index in [0.717, 1.165) is 5.69 Å². The van der Waals surface area contributed by atoms with E-state index >= 15 is 0 Å². The second-order valence-electron chi connectivity index (χ2n) is 5.53. The largest absolute Gasteiger partial charge is 0.345 e. The number of amides is 1. The van der Waals surface area contributed by atoms with E-state index in [0.29, 0.717) is 12.1 Å². The molecule has 0 radical (unpaired) electrons. The Morgan fingerprint density at radius 1 is 1.36 bits per heavy atom. The molecule has 3 N–H and O–H groups in total. The van der Waals surface area contributed by atoms with Gasteiger partial charge in [0.2, 0.25) is 0 Å². The molecule has 1 aromatic carbocycles. The van der Waals surface area contributed by atoms with Gasteiger partial charge in [0, 0.05) is 12.1 Å². The fourth-order valence-electron chi connectivity index (χ4n) is 1.81. The topological polar surface area (TPSA) is 98.7 Å². The summed E-state index contributed by atoms with van der Waals surface area (Å²) in [5, 5.41) is 13.9. The van der Waals surface area contributed by atoms with Gasteiger partial charge in [0.05, 0.1) is 11.2 Å². The third-order valence-corrected chi connectivity index (χ3v) is 3.84. The number of nitrogens with zero attached hydrogens (tertiary/aromatic N) is 4. The van der Waals surface area contributed by atoms with Crippen LogP contribution in [0, 0.1) is 5.92 Å². The molecular formula is C14H21ClN6O. The van der Waals surface area contributed by atoms with Crippen LogP contribution >= 0.6 is 12.4 Å². The summed E-state index contributed by atoms with van der Waals surface area (Å²) in [4.78, 5) is 12.3. The summed E-state index contributed by atoms with van der Waals surface area (Å²) in [7, 11) is 0. The molecule has 0 aliphatic heterocycles. The molecule has 8 heteroatoms. The fraction of sp³-hybridized carbons (Fsp3) is 0.429. The highest BCUT2D eigenvalue weighted by atomic mass is 35.5. The number of tetrazole rings is 1. The molecule has 2 rings (SSSR count). The number of carbonyl (C=O) groups is 1. The summed E-state index contributed by atoms with van der Waals surface area (Å²) < 4.78 is 1.53. The third-order valence-electron chi connectivity index (χ3n) is 3.84. The van der Waals surface area contributed by atoms with Crippen LogP contribution in [-0.4, -0.2) is 38.2 Å². The molecule has 0 saturated heterocycles. The lowest BCUT2D eigenvalue weighted by Gasteiger charge is -2.33. The molecule has 0 fully saturated rings. The van der Waals surface area contributed by atoms with Gasteiger partial charge in [-0.3, -0.25) is 4.79 Å². The molecule has 0 spiro atoms. The smallest absolute Gasteiger partial charge is 0.251 e. The van der Waals surface area contributed by atoms with Crippen molar-refractivity contribution in [2.75, 3.05) is 6.54 Å². The Bertz CT molecular complexity index is 598. The number of halogens is 1. The van der Waals surface area contributed by atoms with Crippen molar-refractivity contribution in [1.29, 1.82) is 0 Å². The maximum absolute atomic E-state index is 12.3. The van der Waals surface area contributed by atoms with Gasteiger partial charge in [-0.05, 0) is 47.5 Å². The zero-order valence-electron chi connectivity index (χ0n) is 12.9. The van der Waals surface area contributed by atoms with Gasteiger partial charge in [-0.25, -0.2) is 4.68 Å². The predicted molar refractivity (Wildman–Crippen MR) is 86.2 cm³/mol. The highest BCUT2D eigenvalue weighted by Crippen LogP contribution is 2.16.